The summed E-state index contributed by atoms with van der Waals surface area (Å²) >= 11 is 2.00. The van der Waals surface area contributed by atoms with Crippen LogP contribution in [0.25, 0.3) is 0 Å². The first kappa shape index (κ1) is 11.5. The normalized spacial score (nSPS) is 29.9. The molecule has 0 radical (unpaired) electrons. The summed E-state index contributed by atoms with van der Waals surface area (Å²) in [5, 5.41) is 0.862. The van der Waals surface area contributed by atoms with Gasteiger partial charge in [0.25, 0.3) is 0 Å². The minimum absolute atomic E-state index is 0.371. The van der Waals surface area contributed by atoms with E-state index in [0.717, 1.165) is 31.1 Å². The van der Waals surface area contributed by atoms with E-state index in [1.165, 1.54) is 25.9 Å². The first-order valence-electron chi connectivity index (χ1n) is 6.07. The predicted octanol–water partition coefficient (Wildman–Crippen LogP) is 2.18. The van der Waals surface area contributed by atoms with E-state index in [0.29, 0.717) is 11.7 Å². The van der Waals surface area contributed by atoms with E-state index in [2.05, 4.69) is 11.2 Å². The SMILES string of the molecule is CSC1CCN(CC2CCCC2=O)CC1. The lowest BCUT2D eigenvalue weighted by Gasteiger charge is -2.32. The molecule has 0 N–H and O–H groups in total. The van der Waals surface area contributed by atoms with Crippen LogP contribution in [0.2, 0.25) is 0 Å². The molecule has 1 aliphatic heterocycles. The van der Waals surface area contributed by atoms with Gasteiger partial charge in [0.1, 0.15) is 5.78 Å². The van der Waals surface area contributed by atoms with Crippen LogP contribution in [0.3, 0.4) is 0 Å². The third kappa shape index (κ3) is 2.97. The van der Waals surface area contributed by atoms with Gasteiger partial charge < -0.3 is 4.90 Å². The molecule has 0 spiro atoms. The molecule has 2 fully saturated rings. The molecule has 0 amide bonds. The highest BCUT2D eigenvalue weighted by atomic mass is 32.2. The molecule has 0 aromatic heterocycles. The van der Waals surface area contributed by atoms with E-state index in [1.54, 1.807) is 0 Å². The number of hydrogen-bond acceptors (Lipinski definition) is 3. The second-order valence-corrected chi connectivity index (χ2v) is 5.93. The third-order valence-corrected chi connectivity index (χ3v) is 4.92. The zero-order chi connectivity index (χ0) is 10.7. The number of piperidine rings is 1. The molecule has 3 heteroatoms. The topological polar surface area (TPSA) is 20.3 Å². The predicted molar refractivity (Wildman–Crippen MR) is 65.3 cm³/mol. The molecule has 86 valence electrons. The molecule has 0 aromatic carbocycles. The molecule has 1 unspecified atom stereocenters. The van der Waals surface area contributed by atoms with Crippen LogP contribution in [0.15, 0.2) is 0 Å². The summed E-state index contributed by atoms with van der Waals surface area (Å²) in [4.78, 5) is 14.0. The fraction of sp³-hybridized carbons (Fsp3) is 0.917. The van der Waals surface area contributed by atoms with Crippen LogP contribution >= 0.6 is 11.8 Å². The number of thioether (sulfide) groups is 1. The molecule has 1 aliphatic carbocycles. The van der Waals surface area contributed by atoms with Crippen LogP contribution in [0.5, 0.6) is 0 Å². The lowest BCUT2D eigenvalue weighted by molar-refractivity contribution is -0.121. The summed E-state index contributed by atoms with van der Waals surface area (Å²) in [6.45, 7) is 3.45. The smallest absolute Gasteiger partial charge is 0.137 e. The first-order chi connectivity index (χ1) is 7.29. The Morgan fingerprint density at radius 3 is 2.60 bits per heavy atom. The molecule has 1 saturated carbocycles. The largest absolute Gasteiger partial charge is 0.303 e. The highest BCUT2D eigenvalue weighted by molar-refractivity contribution is 7.99. The summed E-state index contributed by atoms with van der Waals surface area (Å²) in [7, 11) is 0. The minimum atomic E-state index is 0.371. The average molecular weight is 227 g/mol. The van der Waals surface area contributed by atoms with Crippen molar-refractivity contribution in [1.29, 1.82) is 0 Å². The molecular weight excluding hydrogens is 206 g/mol. The van der Waals surface area contributed by atoms with Crippen LogP contribution in [0.4, 0.5) is 0 Å². The lowest BCUT2D eigenvalue weighted by Crippen LogP contribution is -2.38. The van der Waals surface area contributed by atoms with Crippen LogP contribution in [-0.4, -0.2) is 41.8 Å². The van der Waals surface area contributed by atoms with Crippen molar-refractivity contribution in [3.8, 4) is 0 Å². The van der Waals surface area contributed by atoms with Crippen molar-refractivity contribution in [2.45, 2.75) is 37.4 Å². The third-order valence-electron chi connectivity index (χ3n) is 3.78. The Morgan fingerprint density at radius 2 is 2.07 bits per heavy atom. The molecule has 2 aliphatic rings. The molecule has 2 nitrogen and oxygen atoms in total. The number of ketones is 1. The van der Waals surface area contributed by atoms with E-state index in [-0.39, 0.29) is 0 Å². The molecule has 0 bridgehead atoms. The summed E-state index contributed by atoms with van der Waals surface area (Å²) in [6.07, 6.45) is 7.93. The van der Waals surface area contributed by atoms with Crippen molar-refractivity contribution in [1.82, 2.24) is 4.90 Å². The fourth-order valence-electron chi connectivity index (χ4n) is 2.72. The van der Waals surface area contributed by atoms with Gasteiger partial charge in [-0.1, -0.05) is 0 Å². The molecule has 0 aromatic rings. The van der Waals surface area contributed by atoms with Crippen LogP contribution in [-0.2, 0) is 4.79 Å². The number of hydrogen-bond donors (Lipinski definition) is 0. The van der Waals surface area contributed by atoms with Gasteiger partial charge in [-0.05, 0) is 45.0 Å². The maximum atomic E-state index is 11.5. The second kappa shape index (κ2) is 5.35. The van der Waals surface area contributed by atoms with Gasteiger partial charge in [0.2, 0.25) is 0 Å². The molecule has 1 saturated heterocycles. The number of carbonyl (C=O) groups is 1. The maximum absolute atomic E-state index is 11.5. The Hall–Kier alpha value is -0.0200. The zero-order valence-corrected chi connectivity index (χ0v) is 10.4. The minimum Gasteiger partial charge on any atom is -0.303 e. The van der Waals surface area contributed by atoms with Gasteiger partial charge in [-0.25, -0.2) is 0 Å². The first-order valence-corrected chi connectivity index (χ1v) is 7.36. The Labute approximate surface area is 96.8 Å². The average Bonchev–Trinajstić information content (AvgIpc) is 2.66. The van der Waals surface area contributed by atoms with Gasteiger partial charge >= 0.3 is 0 Å². The Bertz CT molecular complexity index is 224. The number of carbonyl (C=O) groups excluding carboxylic acids is 1. The van der Waals surface area contributed by atoms with Gasteiger partial charge in [-0.15, -0.1) is 0 Å². The van der Waals surface area contributed by atoms with Crippen LogP contribution < -0.4 is 0 Å². The number of Topliss-reactive ketones (excluding diaryl/α,β-unsaturated/α-hetero) is 1. The Morgan fingerprint density at radius 1 is 1.33 bits per heavy atom. The summed E-state index contributed by atoms with van der Waals surface area (Å²) < 4.78 is 0. The summed E-state index contributed by atoms with van der Waals surface area (Å²) in [6, 6.07) is 0. The molecule has 2 rings (SSSR count). The van der Waals surface area contributed by atoms with Crippen LogP contribution in [0, 0.1) is 5.92 Å². The number of likely N-dealkylation sites (tertiary alicyclic amines) is 1. The van der Waals surface area contributed by atoms with Gasteiger partial charge in [0, 0.05) is 24.1 Å². The number of rotatable bonds is 3. The molecule has 15 heavy (non-hydrogen) atoms. The van der Waals surface area contributed by atoms with Crippen molar-refractivity contribution in [2.24, 2.45) is 5.92 Å². The van der Waals surface area contributed by atoms with E-state index in [9.17, 15) is 4.79 Å². The molecular formula is C12H21NOS. The van der Waals surface area contributed by atoms with Gasteiger partial charge in [-0.2, -0.15) is 11.8 Å². The van der Waals surface area contributed by atoms with E-state index in [1.807, 2.05) is 11.8 Å². The fourth-order valence-corrected chi connectivity index (χ4v) is 3.40. The zero-order valence-electron chi connectivity index (χ0n) is 9.58. The lowest BCUT2D eigenvalue weighted by atomic mass is 10.0. The second-order valence-electron chi connectivity index (χ2n) is 4.79. The van der Waals surface area contributed by atoms with Crippen molar-refractivity contribution in [2.75, 3.05) is 25.9 Å². The Balaban J connectivity index is 1.74. The molecule has 1 atom stereocenters. The van der Waals surface area contributed by atoms with Crippen molar-refractivity contribution in [3.05, 3.63) is 0 Å². The van der Waals surface area contributed by atoms with Gasteiger partial charge in [0.15, 0.2) is 0 Å². The standard InChI is InChI=1S/C12H21NOS/c1-15-11-5-7-13(8-6-11)9-10-3-2-4-12(10)14/h10-11H,2-9H2,1H3. The van der Waals surface area contributed by atoms with Crippen molar-refractivity contribution in [3.63, 3.8) is 0 Å². The van der Waals surface area contributed by atoms with Gasteiger partial charge in [0.05, 0.1) is 0 Å². The maximum Gasteiger partial charge on any atom is 0.137 e. The van der Waals surface area contributed by atoms with Crippen molar-refractivity contribution < 1.29 is 4.79 Å². The van der Waals surface area contributed by atoms with Gasteiger partial charge in [-0.3, -0.25) is 4.79 Å². The highest BCUT2D eigenvalue weighted by Gasteiger charge is 2.28. The number of nitrogens with zero attached hydrogens (tertiary/aromatic N) is 1. The van der Waals surface area contributed by atoms with Crippen molar-refractivity contribution >= 4 is 17.5 Å². The van der Waals surface area contributed by atoms with E-state index >= 15 is 0 Å². The van der Waals surface area contributed by atoms with Crippen LogP contribution in [0.1, 0.15) is 32.1 Å². The monoisotopic (exact) mass is 227 g/mol. The van der Waals surface area contributed by atoms with E-state index < -0.39 is 0 Å². The quantitative estimate of drug-likeness (QED) is 0.737. The highest BCUT2D eigenvalue weighted by Crippen LogP contribution is 2.25. The Kier molecular flexibility index (Phi) is 4.09. The molecule has 1 heterocycles. The summed E-state index contributed by atoms with van der Waals surface area (Å²) in [5.74, 6) is 0.887. The summed E-state index contributed by atoms with van der Waals surface area (Å²) in [5.41, 5.74) is 0. The van der Waals surface area contributed by atoms with E-state index in [4.69, 9.17) is 0 Å².